The van der Waals surface area contributed by atoms with Crippen LogP contribution in [0.15, 0.2) is 12.2 Å². The largest absolute Gasteiger partial charge is 0.316 e. The third-order valence-electron chi connectivity index (χ3n) is 3.15. The second-order valence-corrected chi connectivity index (χ2v) is 4.18. The van der Waals surface area contributed by atoms with Crippen molar-refractivity contribution >= 4 is 0 Å². The standard InChI is InChI=1S/C11H19N/c1-2-4-10(3-1)5-6-11-7-8-12-9-11/h5-6,10-12H,1-4,7-9H2/b6-5+. The van der Waals surface area contributed by atoms with Crippen LogP contribution >= 0.6 is 0 Å². The zero-order valence-electron chi connectivity index (χ0n) is 7.76. The molecule has 1 atom stereocenters. The molecular formula is C11H19N. The third kappa shape index (κ3) is 2.10. The summed E-state index contributed by atoms with van der Waals surface area (Å²) in [5, 5.41) is 3.40. The van der Waals surface area contributed by atoms with Crippen molar-refractivity contribution in [3.8, 4) is 0 Å². The Labute approximate surface area is 75.2 Å². The topological polar surface area (TPSA) is 12.0 Å². The van der Waals surface area contributed by atoms with Gasteiger partial charge >= 0.3 is 0 Å². The molecule has 1 heterocycles. The fourth-order valence-electron chi connectivity index (χ4n) is 2.31. The minimum atomic E-state index is 0.839. The van der Waals surface area contributed by atoms with Crippen molar-refractivity contribution in [2.24, 2.45) is 11.8 Å². The molecule has 68 valence electrons. The predicted molar refractivity (Wildman–Crippen MR) is 52.1 cm³/mol. The summed E-state index contributed by atoms with van der Waals surface area (Å²) in [5.41, 5.74) is 0. The molecule has 1 aliphatic carbocycles. The van der Waals surface area contributed by atoms with Gasteiger partial charge in [-0.3, -0.25) is 0 Å². The van der Waals surface area contributed by atoms with Crippen LogP contribution in [0.3, 0.4) is 0 Å². The van der Waals surface area contributed by atoms with Gasteiger partial charge in [-0.1, -0.05) is 25.0 Å². The van der Waals surface area contributed by atoms with E-state index in [9.17, 15) is 0 Å². The van der Waals surface area contributed by atoms with Gasteiger partial charge in [-0.15, -0.1) is 0 Å². The number of hydrogen-bond donors (Lipinski definition) is 1. The first-order valence-corrected chi connectivity index (χ1v) is 5.34. The monoisotopic (exact) mass is 165 g/mol. The molecular weight excluding hydrogens is 146 g/mol. The first kappa shape index (κ1) is 8.31. The summed E-state index contributed by atoms with van der Waals surface area (Å²) in [7, 11) is 0. The van der Waals surface area contributed by atoms with Crippen molar-refractivity contribution in [1.29, 1.82) is 0 Å². The molecule has 1 N–H and O–H groups in total. The Morgan fingerprint density at radius 3 is 2.33 bits per heavy atom. The molecule has 0 radical (unpaired) electrons. The number of hydrogen-bond acceptors (Lipinski definition) is 1. The summed E-state index contributed by atoms with van der Waals surface area (Å²) in [6.07, 6.45) is 12.1. The van der Waals surface area contributed by atoms with E-state index in [1.807, 2.05) is 0 Å². The smallest absolute Gasteiger partial charge is 0.00146 e. The molecule has 0 amide bonds. The van der Waals surface area contributed by atoms with Crippen LogP contribution < -0.4 is 5.32 Å². The molecule has 1 nitrogen and oxygen atoms in total. The van der Waals surface area contributed by atoms with E-state index in [1.54, 1.807) is 0 Å². The van der Waals surface area contributed by atoms with Crippen LogP contribution in [0.4, 0.5) is 0 Å². The molecule has 2 rings (SSSR count). The van der Waals surface area contributed by atoms with E-state index in [4.69, 9.17) is 0 Å². The molecule has 0 spiro atoms. The van der Waals surface area contributed by atoms with E-state index in [1.165, 1.54) is 45.2 Å². The maximum atomic E-state index is 3.40. The van der Waals surface area contributed by atoms with Crippen molar-refractivity contribution in [2.75, 3.05) is 13.1 Å². The van der Waals surface area contributed by atoms with Crippen LogP contribution in [-0.2, 0) is 0 Å². The van der Waals surface area contributed by atoms with E-state index < -0.39 is 0 Å². The Hall–Kier alpha value is -0.300. The molecule has 1 saturated carbocycles. The minimum absolute atomic E-state index is 0.839. The Kier molecular flexibility index (Phi) is 2.83. The Morgan fingerprint density at radius 1 is 0.917 bits per heavy atom. The number of nitrogens with one attached hydrogen (secondary N) is 1. The SMILES string of the molecule is C(=C\C1CCNC1)/C1CCCC1. The van der Waals surface area contributed by atoms with E-state index >= 15 is 0 Å². The first-order valence-electron chi connectivity index (χ1n) is 5.34. The Morgan fingerprint density at radius 2 is 1.67 bits per heavy atom. The van der Waals surface area contributed by atoms with Gasteiger partial charge in [0.15, 0.2) is 0 Å². The summed E-state index contributed by atoms with van der Waals surface area (Å²) >= 11 is 0. The third-order valence-corrected chi connectivity index (χ3v) is 3.15. The molecule has 1 unspecified atom stereocenters. The maximum Gasteiger partial charge on any atom is 0.00146 e. The lowest BCUT2D eigenvalue weighted by Crippen LogP contribution is -2.07. The average Bonchev–Trinajstić information content (AvgIpc) is 2.74. The molecule has 0 aromatic carbocycles. The summed E-state index contributed by atoms with van der Waals surface area (Å²) in [6, 6.07) is 0. The van der Waals surface area contributed by atoms with Gasteiger partial charge < -0.3 is 5.32 Å². The van der Waals surface area contributed by atoms with Crippen molar-refractivity contribution in [2.45, 2.75) is 32.1 Å². The molecule has 2 aliphatic rings. The lowest BCUT2D eigenvalue weighted by atomic mass is 10.0. The highest BCUT2D eigenvalue weighted by molar-refractivity contribution is 4.97. The van der Waals surface area contributed by atoms with Crippen molar-refractivity contribution in [1.82, 2.24) is 5.32 Å². The molecule has 0 aromatic rings. The lowest BCUT2D eigenvalue weighted by Gasteiger charge is -2.03. The van der Waals surface area contributed by atoms with Gasteiger partial charge in [-0.2, -0.15) is 0 Å². The highest BCUT2D eigenvalue weighted by atomic mass is 14.9. The van der Waals surface area contributed by atoms with Crippen LogP contribution in [0.1, 0.15) is 32.1 Å². The molecule has 1 aliphatic heterocycles. The number of allylic oxidation sites excluding steroid dienone is 1. The molecule has 2 fully saturated rings. The normalized spacial score (nSPS) is 32.2. The van der Waals surface area contributed by atoms with Crippen LogP contribution in [0.5, 0.6) is 0 Å². The molecule has 1 saturated heterocycles. The summed E-state index contributed by atoms with van der Waals surface area (Å²) in [4.78, 5) is 0. The molecule has 1 heteroatoms. The van der Waals surface area contributed by atoms with Crippen molar-refractivity contribution < 1.29 is 0 Å². The van der Waals surface area contributed by atoms with Crippen molar-refractivity contribution in [3.63, 3.8) is 0 Å². The van der Waals surface area contributed by atoms with Gasteiger partial charge in [-0.25, -0.2) is 0 Å². The fourth-order valence-corrected chi connectivity index (χ4v) is 2.31. The molecule has 12 heavy (non-hydrogen) atoms. The van der Waals surface area contributed by atoms with E-state index in [2.05, 4.69) is 17.5 Å². The second-order valence-electron chi connectivity index (χ2n) is 4.18. The molecule has 0 aromatic heterocycles. The average molecular weight is 165 g/mol. The zero-order valence-corrected chi connectivity index (χ0v) is 7.76. The minimum Gasteiger partial charge on any atom is -0.316 e. The van der Waals surface area contributed by atoms with Crippen molar-refractivity contribution in [3.05, 3.63) is 12.2 Å². The van der Waals surface area contributed by atoms with Gasteiger partial charge in [0, 0.05) is 6.54 Å². The summed E-state index contributed by atoms with van der Waals surface area (Å²) in [5.74, 6) is 1.76. The van der Waals surface area contributed by atoms with Gasteiger partial charge in [0.1, 0.15) is 0 Å². The van der Waals surface area contributed by atoms with E-state index in [0.717, 1.165) is 11.8 Å². The van der Waals surface area contributed by atoms with Crippen LogP contribution in [0, 0.1) is 11.8 Å². The van der Waals surface area contributed by atoms with Gasteiger partial charge in [0.25, 0.3) is 0 Å². The maximum absolute atomic E-state index is 3.40. The van der Waals surface area contributed by atoms with Gasteiger partial charge in [-0.05, 0) is 37.6 Å². The van der Waals surface area contributed by atoms with E-state index in [-0.39, 0.29) is 0 Å². The van der Waals surface area contributed by atoms with Crippen LogP contribution in [0.25, 0.3) is 0 Å². The zero-order chi connectivity index (χ0) is 8.23. The summed E-state index contributed by atoms with van der Waals surface area (Å²) < 4.78 is 0. The first-order chi connectivity index (χ1) is 5.95. The van der Waals surface area contributed by atoms with Crippen LogP contribution in [0.2, 0.25) is 0 Å². The predicted octanol–water partition coefficient (Wildman–Crippen LogP) is 2.34. The quantitative estimate of drug-likeness (QED) is 0.619. The van der Waals surface area contributed by atoms with Gasteiger partial charge in [0.05, 0.1) is 0 Å². The highest BCUT2D eigenvalue weighted by Crippen LogP contribution is 2.26. The Bertz CT molecular complexity index is 132. The van der Waals surface area contributed by atoms with Gasteiger partial charge in [0.2, 0.25) is 0 Å². The Balaban J connectivity index is 1.75. The fraction of sp³-hybridized carbons (Fsp3) is 0.818. The van der Waals surface area contributed by atoms with Crippen LogP contribution in [-0.4, -0.2) is 13.1 Å². The number of rotatable bonds is 2. The summed E-state index contributed by atoms with van der Waals surface area (Å²) in [6.45, 7) is 2.43. The molecule has 0 bridgehead atoms. The van der Waals surface area contributed by atoms with E-state index in [0.29, 0.717) is 0 Å². The highest BCUT2D eigenvalue weighted by Gasteiger charge is 2.14. The second kappa shape index (κ2) is 4.08. The lowest BCUT2D eigenvalue weighted by molar-refractivity contribution is 0.661.